The standard InChI is InChI=1S/C23H24Cl2N2OS/c1-5-7-20-21(16-9-8-14(3)15(4)12-16)27(6-2)23(29-20)26-22(28)18-11-10-17(24)13-19(18)25/h8-13H,5-7H2,1-4H3. The van der Waals surface area contributed by atoms with Crippen LogP contribution < -0.4 is 4.80 Å². The van der Waals surface area contributed by atoms with Crippen molar-refractivity contribution in [2.45, 2.75) is 47.1 Å². The number of hydrogen-bond acceptors (Lipinski definition) is 2. The molecule has 0 aliphatic carbocycles. The lowest BCUT2D eigenvalue weighted by molar-refractivity contribution is 0.0998. The van der Waals surface area contributed by atoms with E-state index in [4.69, 9.17) is 23.2 Å². The minimum Gasteiger partial charge on any atom is -0.316 e. The maximum atomic E-state index is 12.8. The van der Waals surface area contributed by atoms with Crippen LogP contribution in [0.4, 0.5) is 0 Å². The lowest BCUT2D eigenvalue weighted by Crippen LogP contribution is -2.17. The molecule has 3 rings (SSSR count). The number of hydrogen-bond donors (Lipinski definition) is 0. The zero-order valence-electron chi connectivity index (χ0n) is 17.1. The molecule has 0 fully saturated rings. The number of aryl methyl sites for hydroxylation is 3. The third kappa shape index (κ3) is 4.66. The molecule has 29 heavy (non-hydrogen) atoms. The van der Waals surface area contributed by atoms with Crippen LogP contribution >= 0.6 is 34.5 Å². The molecule has 0 aliphatic rings. The summed E-state index contributed by atoms with van der Waals surface area (Å²) in [5.74, 6) is -0.357. The molecule has 0 N–H and O–H groups in total. The van der Waals surface area contributed by atoms with E-state index in [1.807, 2.05) is 0 Å². The smallest absolute Gasteiger partial charge is 0.281 e. The van der Waals surface area contributed by atoms with Gasteiger partial charge < -0.3 is 4.57 Å². The van der Waals surface area contributed by atoms with Crippen LogP contribution in [-0.4, -0.2) is 10.5 Å². The minimum atomic E-state index is -0.357. The minimum absolute atomic E-state index is 0.314. The van der Waals surface area contributed by atoms with Crippen molar-refractivity contribution in [3.8, 4) is 11.3 Å². The number of carbonyl (C=O) groups is 1. The second-order valence-corrected chi connectivity index (χ2v) is 8.90. The Hall–Kier alpha value is -1.88. The Balaban J connectivity index is 2.18. The number of benzene rings is 2. The summed E-state index contributed by atoms with van der Waals surface area (Å²) in [6.07, 6.45) is 1.97. The van der Waals surface area contributed by atoms with Crippen molar-refractivity contribution in [3.05, 3.63) is 72.8 Å². The molecule has 6 heteroatoms. The van der Waals surface area contributed by atoms with Gasteiger partial charge in [0, 0.05) is 16.4 Å². The van der Waals surface area contributed by atoms with E-state index in [2.05, 4.69) is 55.5 Å². The van der Waals surface area contributed by atoms with Crippen LogP contribution in [0.2, 0.25) is 10.0 Å². The fourth-order valence-corrected chi connectivity index (χ4v) is 5.05. The average Bonchev–Trinajstić information content (AvgIpc) is 3.01. The van der Waals surface area contributed by atoms with Gasteiger partial charge >= 0.3 is 0 Å². The fraction of sp³-hybridized carbons (Fsp3) is 0.304. The van der Waals surface area contributed by atoms with Gasteiger partial charge in [-0.15, -0.1) is 11.3 Å². The van der Waals surface area contributed by atoms with Crippen molar-refractivity contribution in [3.63, 3.8) is 0 Å². The summed E-state index contributed by atoms with van der Waals surface area (Å²) in [6.45, 7) is 9.20. The molecule has 0 aliphatic heterocycles. The summed E-state index contributed by atoms with van der Waals surface area (Å²) in [7, 11) is 0. The van der Waals surface area contributed by atoms with E-state index in [1.165, 1.54) is 16.0 Å². The van der Waals surface area contributed by atoms with Gasteiger partial charge in [-0.1, -0.05) is 48.7 Å². The Bertz CT molecular complexity index is 1130. The maximum absolute atomic E-state index is 12.8. The molecule has 3 aromatic rings. The number of nitrogens with zero attached hydrogens (tertiary/aromatic N) is 2. The highest BCUT2D eigenvalue weighted by Crippen LogP contribution is 2.29. The Morgan fingerprint density at radius 2 is 1.83 bits per heavy atom. The first-order valence-electron chi connectivity index (χ1n) is 9.69. The average molecular weight is 447 g/mol. The van der Waals surface area contributed by atoms with Gasteiger partial charge in [0.15, 0.2) is 4.80 Å². The van der Waals surface area contributed by atoms with Gasteiger partial charge in [-0.3, -0.25) is 4.79 Å². The molecule has 1 amide bonds. The highest BCUT2D eigenvalue weighted by atomic mass is 35.5. The highest BCUT2D eigenvalue weighted by molar-refractivity contribution is 7.09. The van der Waals surface area contributed by atoms with Crippen molar-refractivity contribution >= 4 is 40.4 Å². The number of rotatable bonds is 5. The Morgan fingerprint density at radius 3 is 2.45 bits per heavy atom. The Labute approximate surface area is 185 Å². The summed E-state index contributed by atoms with van der Waals surface area (Å²) < 4.78 is 2.13. The van der Waals surface area contributed by atoms with Gasteiger partial charge in [0.2, 0.25) is 0 Å². The van der Waals surface area contributed by atoms with Crippen molar-refractivity contribution in [2.24, 2.45) is 4.99 Å². The number of carbonyl (C=O) groups excluding carboxylic acids is 1. The number of aromatic nitrogens is 1. The quantitative estimate of drug-likeness (QED) is 0.421. The van der Waals surface area contributed by atoms with Crippen LogP contribution in [0.3, 0.4) is 0 Å². The van der Waals surface area contributed by atoms with Gasteiger partial charge in [-0.2, -0.15) is 4.99 Å². The van der Waals surface area contributed by atoms with E-state index < -0.39 is 0 Å². The fourth-order valence-electron chi connectivity index (χ4n) is 3.25. The predicted molar refractivity (Wildman–Crippen MR) is 123 cm³/mol. The van der Waals surface area contributed by atoms with Crippen LogP contribution in [0.25, 0.3) is 11.3 Å². The van der Waals surface area contributed by atoms with Crippen molar-refractivity contribution in [1.82, 2.24) is 4.57 Å². The number of thiazole rings is 1. The van der Waals surface area contributed by atoms with Gasteiger partial charge in [0.05, 0.1) is 16.3 Å². The molecule has 0 atom stereocenters. The normalized spacial score (nSPS) is 11.9. The highest BCUT2D eigenvalue weighted by Gasteiger charge is 2.17. The summed E-state index contributed by atoms with van der Waals surface area (Å²) in [5, 5.41) is 0.808. The molecule has 2 aromatic carbocycles. The first kappa shape index (κ1) is 21.8. The molecule has 1 aromatic heterocycles. The monoisotopic (exact) mass is 446 g/mol. The zero-order valence-corrected chi connectivity index (χ0v) is 19.4. The van der Waals surface area contributed by atoms with Gasteiger partial charge in [-0.05, 0) is 68.1 Å². The van der Waals surface area contributed by atoms with Crippen LogP contribution in [0.1, 0.15) is 46.6 Å². The Kier molecular flexibility index (Phi) is 6.99. The zero-order chi connectivity index (χ0) is 21.1. The van der Waals surface area contributed by atoms with E-state index in [-0.39, 0.29) is 5.91 Å². The summed E-state index contributed by atoms with van der Waals surface area (Å²) in [6, 6.07) is 11.4. The first-order valence-corrected chi connectivity index (χ1v) is 11.3. The molecule has 1 heterocycles. The molecular formula is C23H24Cl2N2OS. The molecule has 152 valence electrons. The molecule has 0 saturated heterocycles. The summed E-state index contributed by atoms with van der Waals surface area (Å²) >= 11 is 13.7. The third-order valence-electron chi connectivity index (χ3n) is 4.91. The van der Waals surface area contributed by atoms with Crippen molar-refractivity contribution in [2.75, 3.05) is 0 Å². The van der Waals surface area contributed by atoms with E-state index in [0.717, 1.165) is 30.6 Å². The lowest BCUT2D eigenvalue weighted by atomic mass is 10.0. The molecule has 0 bridgehead atoms. The van der Waals surface area contributed by atoms with E-state index in [1.54, 1.807) is 29.5 Å². The van der Waals surface area contributed by atoms with Crippen molar-refractivity contribution < 1.29 is 4.79 Å². The molecule has 0 radical (unpaired) electrons. The van der Waals surface area contributed by atoms with Gasteiger partial charge in [-0.25, -0.2) is 0 Å². The summed E-state index contributed by atoms with van der Waals surface area (Å²) in [4.78, 5) is 19.2. The van der Waals surface area contributed by atoms with E-state index >= 15 is 0 Å². The first-order chi connectivity index (χ1) is 13.8. The number of amides is 1. The maximum Gasteiger partial charge on any atom is 0.281 e. The van der Waals surface area contributed by atoms with Crippen molar-refractivity contribution in [1.29, 1.82) is 0 Å². The summed E-state index contributed by atoms with van der Waals surface area (Å²) in [5.41, 5.74) is 5.18. The lowest BCUT2D eigenvalue weighted by Gasteiger charge is -2.11. The van der Waals surface area contributed by atoms with Gasteiger partial charge in [0.25, 0.3) is 5.91 Å². The molecular weight excluding hydrogens is 423 g/mol. The topological polar surface area (TPSA) is 34.4 Å². The van der Waals surface area contributed by atoms with Crippen LogP contribution in [0.15, 0.2) is 41.4 Å². The Morgan fingerprint density at radius 1 is 1.07 bits per heavy atom. The second kappa shape index (κ2) is 9.29. The molecule has 0 unspecified atom stereocenters. The van der Waals surface area contributed by atoms with Gasteiger partial charge in [0.1, 0.15) is 0 Å². The predicted octanol–water partition coefficient (Wildman–Crippen LogP) is 6.85. The number of halogens is 2. The largest absolute Gasteiger partial charge is 0.316 e. The third-order valence-corrected chi connectivity index (χ3v) is 6.60. The van der Waals surface area contributed by atoms with E-state index in [0.29, 0.717) is 20.4 Å². The van der Waals surface area contributed by atoms with E-state index in [9.17, 15) is 4.79 Å². The van der Waals surface area contributed by atoms with Crippen LogP contribution in [-0.2, 0) is 13.0 Å². The molecule has 3 nitrogen and oxygen atoms in total. The van der Waals surface area contributed by atoms with Crippen LogP contribution in [0, 0.1) is 13.8 Å². The SMILES string of the molecule is CCCc1sc(=NC(=O)c2ccc(Cl)cc2Cl)n(CC)c1-c1ccc(C)c(C)c1. The molecule has 0 spiro atoms. The second-order valence-electron chi connectivity index (χ2n) is 6.99. The van der Waals surface area contributed by atoms with Crippen LogP contribution in [0.5, 0.6) is 0 Å². The molecule has 0 saturated carbocycles.